The van der Waals surface area contributed by atoms with Gasteiger partial charge in [-0.15, -0.1) is 0 Å². The van der Waals surface area contributed by atoms with Gasteiger partial charge in [0.05, 0.1) is 0 Å². The van der Waals surface area contributed by atoms with E-state index in [1.165, 1.54) is 0 Å². The maximum Gasteiger partial charge on any atom is 0.408 e. The summed E-state index contributed by atoms with van der Waals surface area (Å²) in [7, 11) is 0. The molecule has 212 valence electrons. The molecule has 2 N–H and O–H groups in total. The molecule has 1 aliphatic carbocycles. The van der Waals surface area contributed by atoms with Crippen LogP contribution in [0.4, 0.5) is 10.5 Å². The molecule has 2 unspecified atom stereocenters. The van der Waals surface area contributed by atoms with Gasteiger partial charge in [0.2, 0.25) is 5.91 Å². The van der Waals surface area contributed by atoms with E-state index >= 15 is 0 Å². The lowest BCUT2D eigenvalue weighted by atomic mass is 9.87. The number of alkyl carbamates (subject to hydrolysis) is 1. The molecule has 0 bridgehead atoms. The van der Waals surface area contributed by atoms with Crippen molar-refractivity contribution in [2.24, 2.45) is 0 Å². The van der Waals surface area contributed by atoms with Crippen molar-refractivity contribution in [3.05, 3.63) is 64.7 Å². The van der Waals surface area contributed by atoms with Crippen molar-refractivity contribution in [2.75, 3.05) is 17.3 Å². The summed E-state index contributed by atoms with van der Waals surface area (Å²) >= 11 is 1.60. The third kappa shape index (κ3) is 8.01. The normalized spacial score (nSPS) is 15.1. The number of hydrogen-bond acceptors (Lipinski definition) is 5. The molecule has 3 amide bonds. The summed E-state index contributed by atoms with van der Waals surface area (Å²) in [5.41, 5.74) is 3.68. The van der Waals surface area contributed by atoms with Crippen LogP contribution in [0, 0.1) is 20.8 Å². The Morgan fingerprint density at radius 3 is 2.15 bits per heavy atom. The van der Waals surface area contributed by atoms with Gasteiger partial charge >= 0.3 is 6.09 Å². The molecule has 39 heavy (non-hydrogen) atoms. The Labute approximate surface area is 237 Å². The summed E-state index contributed by atoms with van der Waals surface area (Å²) in [5.74, 6) is 0.154. The second-order valence-electron chi connectivity index (χ2n) is 11.3. The molecule has 0 aromatic heterocycles. The maximum absolute atomic E-state index is 14.4. The summed E-state index contributed by atoms with van der Waals surface area (Å²) in [4.78, 5) is 43.1. The van der Waals surface area contributed by atoms with Gasteiger partial charge in [0.1, 0.15) is 17.7 Å². The number of nitrogens with zero attached hydrogens (tertiary/aromatic N) is 1. The molecule has 1 saturated carbocycles. The first-order valence-corrected chi connectivity index (χ1v) is 15.1. The molecule has 1 aliphatic rings. The van der Waals surface area contributed by atoms with Crippen LogP contribution < -0.4 is 10.6 Å². The second kappa shape index (κ2) is 13.4. The van der Waals surface area contributed by atoms with Gasteiger partial charge in [-0.25, -0.2) is 4.79 Å². The zero-order valence-corrected chi connectivity index (χ0v) is 25.1. The minimum atomic E-state index is -0.847. The van der Waals surface area contributed by atoms with Crippen molar-refractivity contribution in [3.8, 4) is 0 Å². The largest absolute Gasteiger partial charge is 0.444 e. The Kier molecular flexibility index (Phi) is 10.5. The van der Waals surface area contributed by atoms with Crippen molar-refractivity contribution in [2.45, 2.75) is 91.0 Å². The Morgan fingerprint density at radius 1 is 1.00 bits per heavy atom. The number of carbonyl (C=O) groups excluding carboxylic acids is 3. The number of nitrogens with one attached hydrogen (secondary N) is 2. The first-order chi connectivity index (χ1) is 18.4. The minimum Gasteiger partial charge on any atom is -0.444 e. The smallest absolute Gasteiger partial charge is 0.408 e. The van der Waals surface area contributed by atoms with Gasteiger partial charge in [-0.05, 0) is 101 Å². The van der Waals surface area contributed by atoms with E-state index in [-0.39, 0.29) is 17.9 Å². The fraction of sp³-hybridized carbons (Fsp3) is 0.516. The van der Waals surface area contributed by atoms with Gasteiger partial charge in [-0.2, -0.15) is 11.8 Å². The van der Waals surface area contributed by atoms with E-state index < -0.39 is 23.8 Å². The van der Waals surface area contributed by atoms with Crippen molar-refractivity contribution in [1.29, 1.82) is 0 Å². The molecule has 8 heteroatoms. The van der Waals surface area contributed by atoms with Crippen LogP contribution in [0.1, 0.15) is 74.8 Å². The zero-order chi connectivity index (χ0) is 28.7. The Bertz CT molecular complexity index is 1150. The Balaban J connectivity index is 2.05. The monoisotopic (exact) mass is 553 g/mol. The number of benzene rings is 2. The lowest BCUT2D eigenvalue weighted by molar-refractivity contribution is -0.145. The number of rotatable bonds is 10. The molecular formula is C31H43N3O4S. The summed E-state index contributed by atoms with van der Waals surface area (Å²) in [5, 5.41) is 5.97. The molecule has 2 aromatic carbocycles. The molecule has 2 atom stereocenters. The number of aryl methyl sites for hydroxylation is 3. The van der Waals surface area contributed by atoms with E-state index in [0.717, 1.165) is 47.2 Å². The molecule has 0 heterocycles. The summed E-state index contributed by atoms with van der Waals surface area (Å²) < 4.78 is 5.49. The van der Waals surface area contributed by atoms with Gasteiger partial charge < -0.3 is 20.3 Å². The van der Waals surface area contributed by atoms with Crippen LogP contribution in [0.25, 0.3) is 0 Å². The lowest BCUT2D eigenvalue weighted by Gasteiger charge is -2.44. The highest BCUT2D eigenvalue weighted by molar-refractivity contribution is 7.98. The molecule has 2 aromatic rings. The van der Waals surface area contributed by atoms with Crippen LogP contribution in [-0.2, 0) is 14.3 Å². The predicted molar refractivity (Wildman–Crippen MR) is 159 cm³/mol. The van der Waals surface area contributed by atoms with E-state index in [9.17, 15) is 14.4 Å². The van der Waals surface area contributed by atoms with E-state index in [1.54, 1.807) is 37.4 Å². The van der Waals surface area contributed by atoms with E-state index in [2.05, 4.69) is 10.6 Å². The van der Waals surface area contributed by atoms with Gasteiger partial charge in [-0.3, -0.25) is 9.59 Å². The quantitative estimate of drug-likeness (QED) is 0.360. The fourth-order valence-corrected chi connectivity index (χ4v) is 5.29. The van der Waals surface area contributed by atoms with E-state index in [0.29, 0.717) is 12.2 Å². The van der Waals surface area contributed by atoms with Crippen LogP contribution in [0.3, 0.4) is 0 Å². The Hall–Kier alpha value is -3.00. The van der Waals surface area contributed by atoms with Crippen molar-refractivity contribution in [3.63, 3.8) is 0 Å². The van der Waals surface area contributed by atoms with Crippen LogP contribution in [0.15, 0.2) is 42.5 Å². The summed E-state index contributed by atoms with van der Waals surface area (Å²) in [6.45, 7) is 11.3. The standard InChI is InChI=1S/C31H43N3O4S/c1-20-12-8-9-17-24(20)27(28(35)33-26-21(2)13-10-14-22(26)3)34(23-15-11-16-23)29(36)25(18-19-39-7)32-30(37)38-31(4,5)6/h8-10,12-14,17,23,25,27H,11,15-16,18-19H2,1-7H3,(H,32,37)(H,33,35). The zero-order valence-electron chi connectivity index (χ0n) is 24.3. The molecular weight excluding hydrogens is 510 g/mol. The highest BCUT2D eigenvalue weighted by atomic mass is 32.2. The number of hydrogen-bond donors (Lipinski definition) is 2. The predicted octanol–water partition coefficient (Wildman–Crippen LogP) is 6.32. The number of thioether (sulfide) groups is 1. The minimum absolute atomic E-state index is 0.0944. The first-order valence-electron chi connectivity index (χ1n) is 13.7. The third-order valence-corrected chi connectivity index (χ3v) is 7.71. The Morgan fingerprint density at radius 2 is 1.62 bits per heavy atom. The molecule has 0 aliphatic heterocycles. The van der Waals surface area contributed by atoms with Gasteiger partial charge in [0, 0.05) is 11.7 Å². The lowest BCUT2D eigenvalue weighted by Crippen LogP contribution is -2.57. The van der Waals surface area contributed by atoms with Gasteiger partial charge in [0.15, 0.2) is 0 Å². The van der Waals surface area contributed by atoms with E-state index in [4.69, 9.17) is 4.74 Å². The van der Waals surface area contributed by atoms with Crippen molar-refractivity contribution in [1.82, 2.24) is 10.2 Å². The summed E-state index contributed by atoms with van der Waals surface area (Å²) in [6.07, 6.45) is 4.37. The van der Waals surface area contributed by atoms with Crippen LogP contribution >= 0.6 is 11.8 Å². The van der Waals surface area contributed by atoms with Crippen LogP contribution in [0.5, 0.6) is 0 Å². The van der Waals surface area contributed by atoms with Crippen molar-refractivity contribution < 1.29 is 19.1 Å². The number of ether oxygens (including phenoxy) is 1. The van der Waals surface area contributed by atoms with Crippen molar-refractivity contribution >= 4 is 35.4 Å². The molecule has 7 nitrogen and oxygen atoms in total. The van der Waals surface area contributed by atoms with Crippen LogP contribution in [0.2, 0.25) is 0 Å². The highest BCUT2D eigenvalue weighted by Crippen LogP contribution is 2.36. The highest BCUT2D eigenvalue weighted by Gasteiger charge is 2.42. The molecule has 1 fully saturated rings. The number of amides is 3. The number of para-hydroxylation sites is 1. The molecule has 0 saturated heterocycles. The maximum atomic E-state index is 14.4. The number of carbonyl (C=O) groups is 3. The van der Waals surface area contributed by atoms with E-state index in [1.807, 2.05) is 69.5 Å². The average Bonchev–Trinajstić information content (AvgIpc) is 2.82. The first kappa shape index (κ1) is 30.5. The van der Waals surface area contributed by atoms with Gasteiger partial charge in [0.25, 0.3) is 5.91 Å². The third-order valence-electron chi connectivity index (χ3n) is 7.06. The molecule has 0 radical (unpaired) electrons. The topological polar surface area (TPSA) is 87.7 Å². The number of anilines is 1. The average molecular weight is 554 g/mol. The van der Waals surface area contributed by atoms with Crippen LogP contribution in [-0.4, -0.2) is 52.5 Å². The fourth-order valence-electron chi connectivity index (χ4n) is 4.82. The second-order valence-corrected chi connectivity index (χ2v) is 12.3. The molecule has 3 rings (SSSR count). The van der Waals surface area contributed by atoms with Gasteiger partial charge in [-0.1, -0.05) is 42.5 Å². The summed E-state index contributed by atoms with van der Waals surface area (Å²) in [6, 6.07) is 11.8. The SMILES string of the molecule is CSCCC(NC(=O)OC(C)(C)C)C(=O)N(C1CCC1)C(C(=O)Nc1c(C)cccc1C)c1ccccc1C. The molecule has 0 spiro atoms.